The number of benzene rings is 1. The molecule has 1 rings (SSSR count). The van der Waals surface area contributed by atoms with E-state index in [2.05, 4.69) is 4.74 Å². The van der Waals surface area contributed by atoms with Crippen LogP contribution in [0.3, 0.4) is 0 Å². The van der Waals surface area contributed by atoms with E-state index in [9.17, 15) is 23.3 Å². The van der Waals surface area contributed by atoms with Crippen LogP contribution in [0.25, 0.3) is 0 Å². The van der Waals surface area contributed by atoms with Crippen LogP contribution in [-0.2, 0) is 19.6 Å². The van der Waals surface area contributed by atoms with Crippen LogP contribution in [0.15, 0.2) is 29.2 Å². The standard InChI is InChI=1S/C14H20N2O6S/c1-10(2)9-13(14(17)22-4)15(3)23(20,21)12-7-5-11(6-8-12)16(18)19/h5-8,10,13H,9H2,1-4H3. The Hall–Kier alpha value is -2.00. The van der Waals surface area contributed by atoms with Gasteiger partial charge < -0.3 is 4.74 Å². The van der Waals surface area contributed by atoms with Crippen LogP contribution in [0.1, 0.15) is 20.3 Å². The Balaban J connectivity index is 3.17. The molecule has 0 aliphatic heterocycles. The summed E-state index contributed by atoms with van der Waals surface area (Å²) in [7, 11) is -1.48. The third-order valence-electron chi connectivity index (χ3n) is 3.33. The van der Waals surface area contributed by atoms with E-state index < -0.39 is 27.0 Å². The zero-order valence-electron chi connectivity index (χ0n) is 13.4. The maximum absolute atomic E-state index is 12.6. The zero-order valence-corrected chi connectivity index (χ0v) is 14.2. The van der Waals surface area contributed by atoms with Crippen LogP contribution >= 0.6 is 0 Å². The fourth-order valence-electron chi connectivity index (χ4n) is 2.05. The Morgan fingerprint density at radius 1 is 1.30 bits per heavy atom. The molecule has 0 heterocycles. The predicted molar refractivity (Wildman–Crippen MR) is 83.3 cm³/mol. The number of ether oxygens (including phenoxy) is 1. The van der Waals surface area contributed by atoms with Crippen molar-refractivity contribution in [2.24, 2.45) is 5.92 Å². The highest BCUT2D eigenvalue weighted by atomic mass is 32.2. The number of hydrogen-bond donors (Lipinski definition) is 0. The van der Waals surface area contributed by atoms with Crippen molar-refractivity contribution in [1.82, 2.24) is 4.31 Å². The highest BCUT2D eigenvalue weighted by molar-refractivity contribution is 7.89. The largest absolute Gasteiger partial charge is 0.468 e. The van der Waals surface area contributed by atoms with Gasteiger partial charge >= 0.3 is 5.97 Å². The van der Waals surface area contributed by atoms with Crippen LogP contribution in [0.5, 0.6) is 0 Å². The van der Waals surface area contributed by atoms with Crippen molar-refractivity contribution in [3.8, 4) is 0 Å². The van der Waals surface area contributed by atoms with Gasteiger partial charge in [0.1, 0.15) is 6.04 Å². The summed E-state index contributed by atoms with van der Waals surface area (Å²) in [5, 5.41) is 10.6. The number of nitro groups is 1. The smallest absolute Gasteiger partial charge is 0.324 e. The van der Waals surface area contributed by atoms with Crippen LogP contribution < -0.4 is 0 Å². The molecular formula is C14H20N2O6S. The summed E-state index contributed by atoms with van der Waals surface area (Å²) >= 11 is 0. The SMILES string of the molecule is COC(=O)C(CC(C)C)N(C)S(=O)(=O)c1ccc([N+](=O)[O-])cc1. The molecule has 0 aliphatic rings. The number of non-ortho nitro benzene ring substituents is 1. The quantitative estimate of drug-likeness (QED) is 0.424. The molecule has 0 bridgehead atoms. The number of esters is 1. The molecule has 23 heavy (non-hydrogen) atoms. The highest BCUT2D eigenvalue weighted by Crippen LogP contribution is 2.23. The Bertz CT molecular complexity index is 669. The first-order valence-corrected chi connectivity index (χ1v) is 8.35. The van der Waals surface area contributed by atoms with Gasteiger partial charge in [-0.25, -0.2) is 8.42 Å². The predicted octanol–water partition coefficient (Wildman–Crippen LogP) is 1.80. The molecule has 1 atom stereocenters. The summed E-state index contributed by atoms with van der Waals surface area (Å²) in [6.07, 6.45) is 0.301. The van der Waals surface area contributed by atoms with E-state index in [1.165, 1.54) is 14.2 Å². The van der Waals surface area contributed by atoms with Gasteiger partial charge in [0.2, 0.25) is 10.0 Å². The van der Waals surface area contributed by atoms with Gasteiger partial charge in [-0.3, -0.25) is 14.9 Å². The van der Waals surface area contributed by atoms with Crippen molar-refractivity contribution in [2.75, 3.05) is 14.2 Å². The summed E-state index contributed by atoms with van der Waals surface area (Å²) < 4.78 is 30.8. The monoisotopic (exact) mass is 344 g/mol. The molecule has 0 radical (unpaired) electrons. The molecular weight excluding hydrogens is 324 g/mol. The average Bonchev–Trinajstić information content (AvgIpc) is 2.51. The Kier molecular flexibility index (Phi) is 6.22. The Morgan fingerprint density at radius 2 is 1.83 bits per heavy atom. The highest BCUT2D eigenvalue weighted by Gasteiger charge is 2.34. The molecule has 9 heteroatoms. The molecule has 1 aromatic rings. The van der Waals surface area contributed by atoms with Crippen LogP contribution in [0.2, 0.25) is 0 Å². The Morgan fingerprint density at radius 3 is 2.22 bits per heavy atom. The molecule has 0 saturated heterocycles. The molecule has 0 fully saturated rings. The number of methoxy groups -OCH3 is 1. The van der Waals surface area contributed by atoms with Crippen molar-refractivity contribution in [3.63, 3.8) is 0 Å². The molecule has 0 spiro atoms. The van der Waals surface area contributed by atoms with E-state index in [0.29, 0.717) is 6.42 Å². The lowest BCUT2D eigenvalue weighted by atomic mass is 10.0. The maximum Gasteiger partial charge on any atom is 0.324 e. The molecule has 128 valence electrons. The molecule has 1 unspecified atom stereocenters. The molecule has 0 amide bonds. The third kappa shape index (κ3) is 4.49. The molecule has 0 N–H and O–H groups in total. The summed E-state index contributed by atoms with van der Waals surface area (Å²) in [5.41, 5.74) is -0.210. The number of sulfonamides is 1. The molecule has 8 nitrogen and oxygen atoms in total. The van der Waals surface area contributed by atoms with E-state index in [0.717, 1.165) is 28.6 Å². The minimum Gasteiger partial charge on any atom is -0.468 e. The first kappa shape index (κ1) is 19.0. The van der Waals surface area contributed by atoms with Gasteiger partial charge in [0.05, 0.1) is 16.9 Å². The minimum atomic E-state index is -3.97. The second-order valence-electron chi connectivity index (χ2n) is 5.44. The van der Waals surface area contributed by atoms with Gasteiger partial charge in [-0.05, 0) is 24.5 Å². The summed E-state index contributed by atoms with van der Waals surface area (Å²) in [5.74, 6) is -0.569. The summed E-state index contributed by atoms with van der Waals surface area (Å²) in [4.78, 5) is 21.8. The first-order valence-electron chi connectivity index (χ1n) is 6.91. The van der Waals surface area contributed by atoms with E-state index >= 15 is 0 Å². The normalized spacial score (nSPS) is 13.1. The Labute approximate surface area is 135 Å². The van der Waals surface area contributed by atoms with Crippen LogP contribution in [0.4, 0.5) is 5.69 Å². The van der Waals surface area contributed by atoms with Gasteiger partial charge in [0.15, 0.2) is 0 Å². The van der Waals surface area contributed by atoms with Gasteiger partial charge in [-0.2, -0.15) is 4.31 Å². The fourth-order valence-corrected chi connectivity index (χ4v) is 3.37. The van der Waals surface area contributed by atoms with Crippen molar-refractivity contribution in [3.05, 3.63) is 34.4 Å². The summed E-state index contributed by atoms with van der Waals surface area (Å²) in [6.45, 7) is 3.73. The van der Waals surface area contributed by atoms with Gasteiger partial charge in [-0.15, -0.1) is 0 Å². The number of nitrogens with zero attached hydrogens (tertiary/aromatic N) is 2. The van der Waals surface area contributed by atoms with Gasteiger partial charge in [0.25, 0.3) is 5.69 Å². The van der Waals surface area contributed by atoms with E-state index in [1.54, 1.807) is 0 Å². The first-order chi connectivity index (χ1) is 10.6. The van der Waals surface area contributed by atoms with E-state index in [4.69, 9.17) is 0 Å². The van der Waals surface area contributed by atoms with Crippen molar-refractivity contribution in [1.29, 1.82) is 0 Å². The second-order valence-corrected chi connectivity index (χ2v) is 7.44. The van der Waals surface area contributed by atoms with Crippen LogP contribution in [0, 0.1) is 16.0 Å². The lowest BCUT2D eigenvalue weighted by molar-refractivity contribution is -0.384. The van der Waals surface area contributed by atoms with Crippen LogP contribution in [-0.4, -0.2) is 43.8 Å². The topological polar surface area (TPSA) is 107 Å². The molecule has 1 aromatic carbocycles. The third-order valence-corrected chi connectivity index (χ3v) is 5.21. The second kappa shape index (κ2) is 7.51. The van der Waals surface area contributed by atoms with Crippen molar-refractivity contribution in [2.45, 2.75) is 31.2 Å². The van der Waals surface area contributed by atoms with E-state index in [1.807, 2.05) is 13.8 Å². The van der Waals surface area contributed by atoms with Gasteiger partial charge in [-0.1, -0.05) is 13.8 Å². The minimum absolute atomic E-state index is 0.0774. The van der Waals surface area contributed by atoms with Gasteiger partial charge in [0, 0.05) is 19.2 Å². The number of carbonyl (C=O) groups excluding carboxylic acids is 1. The van der Waals surface area contributed by atoms with E-state index in [-0.39, 0.29) is 16.5 Å². The molecule has 0 aliphatic carbocycles. The zero-order chi connectivity index (χ0) is 17.8. The number of nitro benzene ring substituents is 1. The number of carbonyl (C=O) groups is 1. The lowest BCUT2D eigenvalue weighted by Gasteiger charge is -2.26. The van der Waals surface area contributed by atoms with Crippen molar-refractivity contribution >= 4 is 21.7 Å². The van der Waals surface area contributed by atoms with Crippen molar-refractivity contribution < 1.29 is 22.9 Å². The average molecular weight is 344 g/mol. The summed E-state index contributed by atoms with van der Waals surface area (Å²) in [6, 6.07) is 3.55. The molecule has 0 saturated carbocycles. The fraction of sp³-hybridized carbons (Fsp3) is 0.500. The lowest BCUT2D eigenvalue weighted by Crippen LogP contribution is -2.43. The number of likely N-dealkylation sites (N-methyl/N-ethyl adjacent to an activating group) is 1. The number of hydrogen-bond acceptors (Lipinski definition) is 6. The number of rotatable bonds is 7. The maximum atomic E-state index is 12.6. The molecule has 0 aromatic heterocycles.